The number of nitrogens with one attached hydrogen (secondary N) is 1. The SMILES string of the molecule is CC1CCCC1CNC(=O)Cc1ccccc1O. The Balaban J connectivity index is 1.80. The molecule has 1 aliphatic rings. The van der Waals surface area contributed by atoms with E-state index in [1.807, 2.05) is 6.07 Å². The summed E-state index contributed by atoms with van der Waals surface area (Å²) in [7, 11) is 0. The first-order chi connectivity index (χ1) is 8.66. The number of para-hydroxylation sites is 1. The lowest BCUT2D eigenvalue weighted by Crippen LogP contribution is -2.31. The van der Waals surface area contributed by atoms with Gasteiger partial charge in [-0.15, -0.1) is 0 Å². The molecule has 1 saturated carbocycles. The number of phenolic OH excluding ortho intramolecular Hbond substituents is 1. The molecular formula is C15H21NO2. The summed E-state index contributed by atoms with van der Waals surface area (Å²) in [5.41, 5.74) is 0.689. The minimum atomic E-state index is -0.00407. The van der Waals surface area contributed by atoms with Crippen molar-refractivity contribution >= 4 is 5.91 Å². The highest BCUT2D eigenvalue weighted by Gasteiger charge is 2.23. The molecule has 2 rings (SSSR count). The number of carbonyl (C=O) groups is 1. The van der Waals surface area contributed by atoms with E-state index in [0.717, 1.165) is 12.5 Å². The number of aromatic hydroxyl groups is 1. The van der Waals surface area contributed by atoms with E-state index in [1.54, 1.807) is 18.2 Å². The van der Waals surface area contributed by atoms with Crippen molar-refractivity contribution in [2.75, 3.05) is 6.54 Å². The minimum Gasteiger partial charge on any atom is -0.508 e. The fraction of sp³-hybridized carbons (Fsp3) is 0.533. The van der Waals surface area contributed by atoms with Crippen LogP contribution in [0.15, 0.2) is 24.3 Å². The van der Waals surface area contributed by atoms with E-state index in [9.17, 15) is 9.90 Å². The average molecular weight is 247 g/mol. The Bertz CT molecular complexity index is 417. The van der Waals surface area contributed by atoms with Gasteiger partial charge in [0, 0.05) is 12.1 Å². The topological polar surface area (TPSA) is 49.3 Å². The molecule has 0 aromatic heterocycles. The quantitative estimate of drug-likeness (QED) is 0.858. The Morgan fingerprint density at radius 2 is 2.17 bits per heavy atom. The maximum Gasteiger partial charge on any atom is 0.224 e. The first kappa shape index (κ1) is 12.9. The highest BCUT2D eigenvalue weighted by atomic mass is 16.3. The van der Waals surface area contributed by atoms with E-state index in [4.69, 9.17) is 0 Å². The Kier molecular flexibility index (Phi) is 4.24. The van der Waals surface area contributed by atoms with Crippen molar-refractivity contribution in [2.45, 2.75) is 32.6 Å². The van der Waals surface area contributed by atoms with Gasteiger partial charge in [-0.05, 0) is 24.3 Å². The van der Waals surface area contributed by atoms with Crippen LogP contribution in [0.25, 0.3) is 0 Å². The summed E-state index contributed by atoms with van der Waals surface area (Å²) < 4.78 is 0. The summed E-state index contributed by atoms with van der Waals surface area (Å²) in [5, 5.41) is 12.6. The Labute approximate surface area is 108 Å². The predicted molar refractivity (Wildman–Crippen MR) is 71.3 cm³/mol. The van der Waals surface area contributed by atoms with Gasteiger partial charge in [0.05, 0.1) is 6.42 Å². The van der Waals surface area contributed by atoms with Gasteiger partial charge in [-0.25, -0.2) is 0 Å². The predicted octanol–water partition coefficient (Wildman–Crippen LogP) is 2.49. The van der Waals surface area contributed by atoms with Gasteiger partial charge in [0.25, 0.3) is 0 Å². The van der Waals surface area contributed by atoms with E-state index >= 15 is 0 Å². The summed E-state index contributed by atoms with van der Waals surface area (Å²) in [6, 6.07) is 6.99. The summed E-state index contributed by atoms with van der Waals surface area (Å²) in [6.45, 7) is 3.03. The zero-order chi connectivity index (χ0) is 13.0. The third-order valence-corrected chi connectivity index (χ3v) is 3.94. The number of carbonyl (C=O) groups excluding carboxylic acids is 1. The van der Waals surface area contributed by atoms with Gasteiger partial charge in [0.2, 0.25) is 5.91 Å². The molecule has 1 aliphatic carbocycles. The van der Waals surface area contributed by atoms with Crippen molar-refractivity contribution < 1.29 is 9.90 Å². The number of phenols is 1. The normalized spacial score (nSPS) is 22.9. The van der Waals surface area contributed by atoms with Gasteiger partial charge >= 0.3 is 0 Å². The van der Waals surface area contributed by atoms with Crippen molar-refractivity contribution in [1.82, 2.24) is 5.32 Å². The summed E-state index contributed by atoms with van der Waals surface area (Å²) >= 11 is 0. The molecule has 2 N–H and O–H groups in total. The van der Waals surface area contributed by atoms with E-state index in [-0.39, 0.29) is 18.1 Å². The fourth-order valence-corrected chi connectivity index (χ4v) is 2.67. The van der Waals surface area contributed by atoms with Crippen molar-refractivity contribution in [3.8, 4) is 5.75 Å². The third kappa shape index (κ3) is 3.25. The molecule has 2 unspecified atom stereocenters. The second-order valence-corrected chi connectivity index (χ2v) is 5.28. The van der Waals surface area contributed by atoms with E-state index in [1.165, 1.54) is 19.3 Å². The zero-order valence-electron chi connectivity index (χ0n) is 10.9. The lowest BCUT2D eigenvalue weighted by atomic mass is 9.98. The van der Waals surface area contributed by atoms with Gasteiger partial charge in [0.15, 0.2) is 0 Å². The van der Waals surface area contributed by atoms with E-state index in [0.29, 0.717) is 11.5 Å². The van der Waals surface area contributed by atoms with Gasteiger partial charge in [-0.1, -0.05) is 38.0 Å². The van der Waals surface area contributed by atoms with Crippen LogP contribution in [-0.4, -0.2) is 17.6 Å². The fourth-order valence-electron chi connectivity index (χ4n) is 2.67. The van der Waals surface area contributed by atoms with Gasteiger partial charge in [-0.2, -0.15) is 0 Å². The zero-order valence-corrected chi connectivity index (χ0v) is 10.9. The van der Waals surface area contributed by atoms with Gasteiger partial charge in [0.1, 0.15) is 5.75 Å². The summed E-state index contributed by atoms with van der Waals surface area (Å²) in [6.07, 6.45) is 4.03. The van der Waals surface area contributed by atoms with Gasteiger partial charge < -0.3 is 10.4 Å². The maximum atomic E-state index is 11.8. The first-order valence-corrected chi connectivity index (χ1v) is 6.70. The molecule has 1 amide bonds. The number of benzene rings is 1. The molecule has 0 aliphatic heterocycles. The monoisotopic (exact) mass is 247 g/mol. The van der Waals surface area contributed by atoms with Crippen LogP contribution < -0.4 is 5.32 Å². The minimum absolute atomic E-state index is 0.00407. The maximum absolute atomic E-state index is 11.8. The molecule has 3 heteroatoms. The van der Waals surface area contributed by atoms with Crippen molar-refractivity contribution in [1.29, 1.82) is 0 Å². The Morgan fingerprint density at radius 1 is 1.39 bits per heavy atom. The molecule has 1 aromatic carbocycles. The number of hydrogen-bond donors (Lipinski definition) is 2. The summed E-state index contributed by atoms with van der Waals surface area (Å²) in [4.78, 5) is 11.8. The molecule has 0 spiro atoms. The van der Waals surface area contributed by atoms with Crippen LogP contribution in [0.5, 0.6) is 5.75 Å². The van der Waals surface area contributed by atoms with Crippen LogP contribution in [0.1, 0.15) is 31.7 Å². The molecule has 0 saturated heterocycles. The molecule has 98 valence electrons. The lowest BCUT2D eigenvalue weighted by molar-refractivity contribution is -0.120. The second-order valence-electron chi connectivity index (χ2n) is 5.28. The number of amides is 1. The molecule has 1 fully saturated rings. The van der Waals surface area contributed by atoms with Crippen LogP contribution in [0.2, 0.25) is 0 Å². The highest BCUT2D eigenvalue weighted by Crippen LogP contribution is 2.30. The van der Waals surface area contributed by atoms with Crippen LogP contribution in [-0.2, 0) is 11.2 Å². The van der Waals surface area contributed by atoms with Crippen molar-refractivity contribution in [3.05, 3.63) is 29.8 Å². The van der Waals surface area contributed by atoms with Crippen molar-refractivity contribution in [3.63, 3.8) is 0 Å². The van der Waals surface area contributed by atoms with Crippen LogP contribution >= 0.6 is 0 Å². The standard InChI is InChI=1S/C15H21NO2/c1-11-5-4-7-13(11)10-16-15(18)9-12-6-2-3-8-14(12)17/h2-3,6,8,11,13,17H,4-5,7,9-10H2,1H3,(H,16,18). The van der Waals surface area contributed by atoms with Crippen LogP contribution in [0, 0.1) is 11.8 Å². The Morgan fingerprint density at radius 3 is 2.83 bits per heavy atom. The highest BCUT2D eigenvalue weighted by molar-refractivity contribution is 5.79. The van der Waals surface area contributed by atoms with Gasteiger partial charge in [-0.3, -0.25) is 4.79 Å². The molecule has 3 nitrogen and oxygen atoms in total. The Hall–Kier alpha value is -1.51. The molecule has 0 heterocycles. The number of rotatable bonds is 4. The largest absolute Gasteiger partial charge is 0.508 e. The second kappa shape index (κ2) is 5.89. The lowest BCUT2D eigenvalue weighted by Gasteiger charge is -2.16. The smallest absolute Gasteiger partial charge is 0.224 e. The molecule has 18 heavy (non-hydrogen) atoms. The van der Waals surface area contributed by atoms with E-state index in [2.05, 4.69) is 12.2 Å². The molecule has 0 bridgehead atoms. The van der Waals surface area contributed by atoms with Crippen molar-refractivity contribution in [2.24, 2.45) is 11.8 Å². The molecule has 1 aromatic rings. The first-order valence-electron chi connectivity index (χ1n) is 6.70. The average Bonchev–Trinajstić information content (AvgIpc) is 2.75. The van der Waals surface area contributed by atoms with Crippen LogP contribution in [0.3, 0.4) is 0 Å². The molecule has 2 atom stereocenters. The van der Waals surface area contributed by atoms with E-state index < -0.39 is 0 Å². The third-order valence-electron chi connectivity index (χ3n) is 3.94. The summed E-state index contributed by atoms with van der Waals surface area (Å²) in [5.74, 6) is 1.53. The number of hydrogen-bond acceptors (Lipinski definition) is 2. The van der Waals surface area contributed by atoms with Crippen LogP contribution in [0.4, 0.5) is 0 Å². The molecule has 0 radical (unpaired) electrons. The molecular weight excluding hydrogens is 226 g/mol.